The minimum Gasteiger partial charge on any atom is -0.368 e. The summed E-state index contributed by atoms with van der Waals surface area (Å²) >= 11 is 0. The van der Waals surface area contributed by atoms with E-state index in [-0.39, 0.29) is 11.5 Å². The molecule has 1 fully saturated rings. The predicted molar refractivity (Wildman–Crippen MR) is 113 cm³/mol. The van der Waals surface area contributed by atoms with Crippen LogP contribution >= 0.6 is 0 Å². The molecule has 0 spiro atoms. The monoisotopic (exact) mass is 376 g/mol. The van der Waals surface area contributed by atoms with E-state index in [1.165, 1.54) is 5.69 Å². The van der Waals surface area contributed by atoms with Crippen molar-refractivity contribution in [1.82, 2.24) is 9.47 Å². The highest BCUT2D eigenvalue weighted by Gasteiger charge is 2.24. The van der Waals surface area contributed by atoms with Crippen LogP contribution in [0.1, 0.15) is 30.3 Å². The van der Waals surface area contributed by atoms with Gasteiger partial charge in [-0.25, -0.2) is 0 Å². The fourth-order valence-corrected chi connectivity index (χ4v) is 3.82. The number of benzene rings is 1. The Labute approximate surface area is 167 Å². The first-order valence-corrected chi connectivity index (χ1v) is 9.93. The minimum atomic E-state index is -0.171. The van der Waals surface area contributed by atoms with Crippen molar-refractivity contribution < 1.29 is 4.79 Å². The van der Waals surface area contributed by atoms with Crippen LogP contribution in [-0.4, -0.2) is 41.6 Å². The molecule has 146 valence electrons. The summed E-state index contributed by atoms with van der Waals surface area (Å²) in [4.78, 5) is 17.0. The van der Waals surface area contributed by atoms with E-state index in [2.05, 4.69) is 47.6 Å². The summed E-state index contributed by atoms with van der Waals surface area (Å²) in [6.07, 6.45) is 2.80. The van der Waals surface area contributed by atoms with Gasteiger partial charge < -0.3 is 14.4 Å². The average molecular weight is 377 g/mol. The number of rotatable bonds is 5. The Morgan fingerprint density at radius 1 is 1.14 bits per heavy atom. The van der Waals surface area contributed by atoms with Crippen molar-refractivity contribution >= 4 is 17.7 Å². The van der Waals surface area contributed by atoms with Crippen molar-refractivity contribution in [2.75, 3.05) is 31.1 Å². The third-order valence-electron chi connectivity index (χ3n) is 5.40. The molecule has 5 heteroatoms. The van der Waals surface area contributed by atoms with Crippen LogP contribution in [0.15, 0.2) is 42.0 Å². The summed E-state index contributed by atoms with van der Waals surface area (Å²) in [6.45, 7) is 10.0. The van der Waals surface area contributed by atoms with Gasteiger partial charge in [0.15, 0.2) is 0 Å². The Morgan fingerprint density at radius 2 is 1.82 bits per heavy atom. The van der Waals surface area contributed by atoms with Crippen molar-refractivity contribution in [3.8, 4) is 6.07 Å². The second kappa shape index (κ2) is 8.79. The Morgan fingerprint density at radius 3 is 2.43 bits per heavy atom. The van der Waals surface area contributed by atoms with E-state index >= 15 is 0 Å². The summed E-state index contributed by atoms with van der Waals surface area (Å²) in [7, 11) is 0. The van der Waals surface area contributed by atoms with Crippen LogP contribution in [0.25, 0.3) is 6.08 Å². The van der Waals surface area contributed by atoms with Gasteiger partial charge in [-0.2, -0.15) is 5.26 Å². The molecule has 2 heterocycles. The molecule has 2 aromatic rings. The number of anilines is 1. The molecular formula is C23H28N4O. The second-order valence-electron chi connectivity index (χ2n) is 7.26. The molecule has 1 amide bonds. The van der Waals surface area contributed by atoms with E-state index in [1.807, 2.05) is 25.1 Å². The molecule has 28 heavy (non-hydrogen) atoms. The van der Waals surface area contributed by atoms with E-state index in [4.69, 9.17) is 0 Å². The lowest BCUT2D eigenvalue weighted by Gasteiger charge is -2.36. The van der Waals surface area contributed by atoms with Gasteiger partial charge in [-0.05, 0) is 50.1 Å². The fourth-order valence-electron chi connectivity index (χ4n) is 3.82. The molecule has 5 nitrogen and oxygen atoms in total. The third kappa shape index (κ3) is 4.12. The van der Waals surface area contributed by atoms with E-state index in [9.17, 15) is 10.1 Å². The van der Waals surface area contributed by atoms with Gasteiger partial charge in [-0.1, -0.05) is 25.1 Å². The van der Waals surface area contributed by atoms with Crippen LogP contribution in [0.2, 0.25) is 0 Å². The van der Waals surface area contributed by atoms with Crippen LogP contribution < -0.4 is 4.90 Å². The topological polar surface area (TPSA) is 52.3 Å². The minimum absolute atomic E-state index is 0.171. The van der Waals surface area contributed by atoms with Gasteiger partial charge >= 0.3 is 0 Å². The normalized spacial score (nSPS) is 14.9. The number of hydrogen-bond acceptors (Lipinski definition) is 3. The lowest BCUT2D eigenvalue weighted by atomic mass is 10.1. The third-order valence-corrected chi connectivity index (χ3v) is 5.40. The standard InChI is InChI=1S/C23H28N4O/c1-4-10-27-18(2)15-20(19(27)3)16-21(17-24)23(28)26-13-11-25(12-14-26)22-8-6-5-7-9-22/h5-9,15-16H,4,10-14H2,1-3H3/b21-16+. The van der Waals surface area contributed by atoms with Crippen LogP contribution in [0.4, 0.5) is 5.69 Å². The van der Waals surface area contributed by atoms with Crippen LogP contribution in [-0.2, 0) is 11.3 Å². The highest BCUT2D eigenvalue weighted by molar-refractivity contribution is 6.02. The maximum atomic E-state index is 12.9. The summed E-state index contributed by atoms with van der Waals surface area (Å²) in [5.74, 6) is -0.171. The zero-order valence-corrected chi connectivity index (χ0v) is 17.0. The van der Waals surface area contributed by atoms with Gasteiger partial charge in [0, 0.05) is 49.8 Å². The molecule has 0 saturated carbocycles. The largest absolute Gasteiger partial charge is 0.368 e. The Balaban J connectivity index is 1.72. The quantitative estimate of drug-likeness (QED) is 0.590. The molecule has 3 rings (SSSR count). The first kappa shape index (κ1) is 19.8. The van der Waals surface area contributed by atoms with Gasteiger partial charge in [0.05, 0.1) is 0 Å². The van der Waals surface area contributed by atoms with Crippen LogP contribution in [0.3, 0.4) is 0 Å². The summed E-state index contributed by atoms with van der Waals surface area (Å²) in [5, 5.41) is 9.61. The van der Waals surface area contributed by atoms with E-state index in [1.54, 1.807) is 11.0 Å². The predicted octanol–water partition coefficient (Wildman–Crippen LogP) is 3.77. The first-order valence-electron chi connectivity index (χ1n) is 9.93. The van der Waals surface area contributed by atoms with E-state index < -0.39 is 0 Å². The molecule has 1 aromatic heterocycles. The van der Waals surface area contributed by atoms with Gasteiger partial charge in [0.25, 0.3) is 5.91 Å². The lowest BCUT2D eigenvalue weighted by Crippen LogP contribution is -2.49. The maximum Gasteiger partial charge on any atom is 0.264 e. The molecule has 1 aromatic carbocycles. The van der Waals surface area contributed by atoms with Crippen molar-refractivity contribution in [1.29, 1.82) is 5.26 Å². The maximum absolute atomic E-state index is 12.9. The highest BCUT2D eigenvalue weighted by Crippen LogP contribution is 2.21. The van der Waals surface area contributed by atoms with Gasteiger partial charge in [0.2, 0.25) is 0 Å². The number of para-hydroxylation sites is 1. The molecule has 1 aliphatic heterocycles. The summed E-state index contributed by atoms with van der Waals surface area (Å²) in [5.41, 5.74) is 4.61. The molecule has 0 aliphatic carbocycles. The zero-order chi connectivity index (χ0) is 20.1. The first-order chi connectivity index (χ1) is 13.5. The average Bonchev–Trinajstić information content (AvgIpc) is 3.00. The SMILES string of the molecule is CCCn1c(C)cc(/C=C(\C#N)C(=O)N2CCN(c3ccccc3)CC2)c1C. The molecule has 0 radical (unpaired) electrons. The fraction of sp³-hybridized carbons (Fsp3) is 0.391. The molecular weight excluding hydrogens is 348 g/mol. The molecule has 1 saturated heterocycles. The lowest BCUT2D eigenvalue weighted by molar-refractivity contribution is -0.126. The van der Waals surface area contributed by atoms with Crippen molar-refractivity contribution in [3.63, 3.8) is 0 Å². The summed E-state index contributed by atoms with van der Waals surface area (Å²) < 4.78 is 2.24. The van der Waals surface area contributed by atoms with Crippen molar-refractivity contribution in [2.45, 2.75) is 33.7 Å². The number of hydrogen-bond donors (Lipinski definition) is 0. The number of aryl methyl sites for hydroxylation is 1. The number of carbonyl (C=O) groups is 1. The molecule has 0 unspecified atom stereocenters. The molecule has 0 N–H and O–H groups in total. The second-order valence-corrected chi connectivity index (χ2v) is 7.26. The number of carbonyl (C=O) groups excluding carboxylic acids is 1. The van der Waals surface area contributed by atoms with Gasteiger partial charge in [-0.15, -0.1) is 0 Å². The molecule has 0 atom stereocenters. The van der Waals surface area contributed by atoms with Crippen LogP contribution in [0.5, 0.6) is 0 Å². The van der Waals surface area contributed by atoms with Crippen molar-refractivity contribution in [2.24, 2.45) is 0 Å². The number of nitrogens with zero attached hydrogens (tertiary/aromatic N) is 4. The van der Waals surface area contributed by atoms with Crippen molar-refractivity contribution in [3.05, 3.63) is 58.9 Å². The highest BCUT2D eigenvalue weighted by atomic mass is 16.2. The zero-order valence-electron chi connectivity index (χ0n) is 17.0. The molecule has 1 aliphatic rings. The Bertz CT molecular complexity index is 897. The number of piperazine rings is 1. The van der Waals surface area contributed by atoms with Crippen LogP contribution in [0, 0.1) is 25.2 Å². The van der Waals surface area contributed by atoms with E-state index in [0.29, 0.717) is 13.1 Å². The number of nitriles is 1. The Hall–Kier alpha value is -3.00. The Kier molecular flexibility index (Phi) is 6.20. The molecule has 0 bridgehead atoms. The van der Waals surface area contributed by atoms with Gasteiger partial charge in [0.1, 0.15) is 11.6 Å². The number of aromatic nitrogens is 1. The smallest absolute Gasteiger partial charge is 0.264 e. The van der Waals surface area contributed by atoms with Gasteiger partial charge in [-0.3, -0.25) is 4.79 Å². The summed E-state index contributed by atoms with van der Waals surface area (Å²) in [6, 6.07) is 14.4. The van der Waals surface area contributed by atoms with E-state index in [0.717, 1.165) is 43.0 Å². The number of amides is 1.